The van der Waals surface area contributed by atoms with Crippen LogP contribution in [0.2, 0.25) is 0 Å². The van der Waals surface area contributed by atoms with E-state index >= 15 is 0 Å². The van der Waals surface area contributed by atoms with Gasteiger partial charge in [0, 0.05) is 22.8 Å². The van der Waals surface area contributed by atoms with Gasteiger partial charge >= 0.3 is 0 Å². The summed E-state index contributed by atoms with van der Waals surface area (Å²) in [5.74, 6) is 0. The second kappa shape index (κ2) is 7.06. The highest BCUT2D eigenvalue weighted by molar-refractivity contribution is 9.10. The zero-order valence-electron chi connectivity index (χ0n) is 11.0. The van der Waals surface area contributed by atoms with E-state index < -0.39 is 0 Å². The van der Waals surface area contributed by atoms with Gasteiger partial charge in [0.15, 0.2) is 5.16 Å². The van der Waals surface area contributed by atoms with Crippen LogP contribution in [0.5, 0.6) is 0 Å². The van der Waals surface area contributed by atoms with Crippen LogP contribution in [0.1, 0.15) is 24.2 Å². The number of H-pyrrole nitrogens is 1. The van der Waals surface area contributed by atoms with Crippen molar-refractivity contribution in [2.75, 3.05) is 0 Å². The topological polar surface area (TPSA) is 71.8 Å². The monoisotopic (exact) mass is 353 g/mol. The Hall–Kier alpha value is -1.11. The third-order valence-electron chi connectivity index (χ3n) is 2.96. The molecule has 2 rings (SSSR count). The Morgan fingerprint density at radius 2 is 2.15 bits per heavy atom. The van der Waals surface area contributed by atoms with Crippen LogP contribution in [0.3, 0.4) is 0 Å². The van der Waals surface area contributed by atoms with E-state index in [1.807, 2.05) is 24.3 Å². The van der Waals surface area contributed by atoms with Crippen molar-refractivity contribution in [3.63, 3.8) is 0 Å². The number of hydrogen-bond donors (Lipinski definition) is 2. The maximum absolute atomic E-state index is 11.4. The lowest BCUT2D eigenvalue weighted by molar-refractivity contribution is 0.631. The summed E-state index contributed by atoms with van der Waals surface area (Å²) in [4.78, 5) is 18.3. The van der Waals surface area contributed by atoms with Crippen molar-refractivity contribution in [2.45, 2.75) is 29.8 Å². The number of thioether (sulfide) groups is 1. The zero-order valence-corrected chi connectivity index (χ0v) is 13.4. The van der Waals surface area contributed by atoms with Gasteiger partial charge in [0.1, 0.15) is 0 Å². The van der Waals surface area contributed by atoms with Gasteiger partial charge in [-0.3, -0.25) is 4.79 Å². The van der Waals surface area contributed by atoms with E-state index in [0.717, 1.165) is 16.5 Å². The number of benzene rings is 1. The van der Waals surface area contributed by atoms with Crippen LogP contribution in [-0.4, -0.2) is 16.0 Å². The van der Waals surface area contributed by atoms with E-state index in [1.54, 1.807) is 0 Å². The lowest BCUT2D eigenvalue weighted by Crippen LogP contribution is -2.26. The second-order valence-electron chi connectivity index (χ2n) is 4.37. The van der Waals surface area contributed by atoms with Crippen LogP contribution in [0, 0.1) is 0 Å². The van der Waals surface area contributed by atoms with Gasteiger partial charge in [-0.1, -0.05) is 52.8 Å². The maximum Gasteiger partial charge on any atom is 0.251 e. The molecule has 1 aromatic heterocycles. The summed E-state index contributed by atoms with van der Waals surface area (Å²) in [6.07, 6.45) is 2.35. The lowest BCUT2D eigenvalue weighted by atomic mass is 10.0. The number of nitrogens with zero attached hydrogens (tertiary/aromatic N) is 1. The molecule has 0 spiro atoms. The summed E-state index contributed by atoms with van der Waals surface area (Å²) in [6.45, 7) is 2.05. The molecule has 0 aliphatic rings. The number of halogens is 1. The van der Waals surface area contributed by atoms with E-state index in [9.17, 15) is 4.79 Å². The van der Waals surface area contributed by atoms with Gasteiger partial charge in [0.05, 0.1) is 5.25 Å². The molecule has 6 heteroatoms. The molecule has 106 valence electrons. The Labute approximate surface area is 130 Å². The first kappa shape index (κ1) is 15.3. The fourth-order valence-electron chi connectivity index (χ4n) is 1.83. The second-order valence-corrected chi connectivity index (χ2v) is 6.36. The molecular weight excluding hydrogens is 338 g/mol. The minimum absolute atomic E-state index is 0.0239. The summed E-state index contributed by atoms with van der Waals surface area (Å²) in [5.41, 5.74) is 7.20. The lowest BCUT2D eigenvalue weighted by Gasteiger charge is -2.23. The molecule has 0 saturated carbocycles. The highest BCUT2D eigenvalue weighted by Gasteiger charge is 2.22. The molecule has 0 radical (unpaired) electrons. The first-order chi connectivity index (χ1) is 9.61. The van der Waals surface area contributed by atoms with Crippen molar-refractivity contribution in [1.29, 1.82) is 0 Å². The van der Waals surface area contributed by atoms with Gasteiger partial charge in [0.25, 0.3) is 5.56 Å². The first-order valence-electron chi connectivity index (χ1n) is 6.33. The van der Waals surface area contributed by atoms with Crippen molar-refractivity contribution >= 4 is 27.7 Å². The molecule has 0 fully saturated rings. The number of nitrogens with one attached hydrogen (secondary N) is 1. The van der Waals surface area contributed by atoms with E-state index in [2.05, 4.69) is 32.8 Å². The van der Waals surface area contributed by atoms with Gasteiger partial charge in [-0.05, 0) is 18.1 Å². The Morgan fingerprint density at radius 3 is 2.80 bits per heavy atom. The third kappa shape index (κ3) is 3.71. The standard InChI is InChI=1S/C14H16BrN3OS/c1-2-11(16)13(9-5-3-4-6-10(9)15)20-14-17-8-7-12(19)18-14/h3-8,11,13H,2,16H2,1H3,(H,17,18,19). The molecule has 3 N–H and O–H groups in total. The molecule has 2 atom stereocenters. The molecule has 1 heterocycles. The van der Waals surface area contributed by atoms with E-state index in [-0.39, 0.29) is 16.9 Å². The summed E-state index contributed by atoms with van der Waals surface area (Å²) in [6, 6.07) is 9.36. The smallest absolute Gasteiger partial charge is 0.251 e. The van der Waals surface area contributed by atoms with E-state index in [1.165, 1.54) is 24.0 Å². The number of aromatic amines is 1. The van der Waals surface area contributed by atoms with Crippen LogP contribution < -0.4 is 11.3 Å². The van der Waals surface area contributed by atoms with Crippen molar-refractivity contribution in [3.05, 3.63) is 56.9 Å². The van der Waals surface area contributed by atoms with E-state index in [4.69, 9.17) is 5.73 Å². The molecule has 2 aromatic rings. The fourth-order valence-corrected chi connectivity index (χ4v) is 3.74. The number of hydrogen-bond acceptors (Lipinski definition) is 4. The number of nitrogens with two attached hydrogens (primary N) is 1. The van der Waals surface area contributed by atoms with Crippen LogP contribution in [0.15, 0.2) is 51.0 Å². The maximum atomic E-state index is 11.4. The first-order valence-corrected chi connectivity index (χ1v) is 8.01. The zero-order chi connectivity index (χ0) is 14.5. The number of aromatic nitrogens is 2. The molecule has 20 heavy (non-hydrogen) atoms. The highest BCUT2D eigenvalue weighted by atomic mass is 79.9. The molecular formula is C14H16BrN3OS. The van der Waals surface area contributed by atoms with Crippen LogP contribution in [-0.2, 0) is 0 Å². The Balaban J connectivity index is 2.34. The Morgan fingerprint density at radius 1 is 1.40 bits per heavy atom. The fraction of sp³-hybridized carbons (Fsp3) is 0.286. The van der Waals surface area contributed by atoms with Crippen molar-refractivity contribution < 1.29 is 0 Å². The SMILES string of the molecule is CCC(N)C(Sc1nccc(=O)[nH]1)c1ccccc1Br. The summed E-state index contributed by atoms with van der Waals surface area (Å²) >= 11 is 5.04. The molecule has 0 amide bonds. The van der Waals surface area contributed by atoms with Gasteiger partial charge < -0.3 is 10.7 Å². The third-order valence-corrected chi connectivity index (χ3v) is 4.97. The largest absolute Gasteiger partial charge is 0.326 e. The average molecular weight is 354 g/mol. The van der Waals surface area contributed by atoms with Crippen molar-refractivity contribution in [1.82, 2.24) is 9.97 Å². The summed E-state index contributed by atoms with van der Waals surface area (Å²) in [5, 5.41) is 0.614. The van der Waals surface area contributed by atoms with E-state index in [0.29, 0.717) is 5.16 Å². The van der Waals surface area contributed by atoms with Crippen LogP contribution in [0.4, 0.5) is 0 Å². The Bertz CT molecular complexity index is 632. The van der Waals surface area contributed by atoms with Gasteiger partial charge in [-0.2, -0.15) is 0 Å². The normalized spacial score (nSPS) is 13.9. The van der Waals surface area contributed by atoms with Crippen molar-refractivity contribution in [2.24, 2.45) is 5.73 Å². The Kier molecular flexibility index (Phi) is 5.39. The van der Waals surface area contributed by atoms with Crippen molar-refractivity contribution in [3.8, 4) is 0 Å². The predicted octanol–water partition coefficient (Wildman–Crippen LogP) is 3.10. The molecule has 2 unspecified atom stereocenters. The molecule has 0 aliphatic heterocycles. The van der Waals surface area contributed by atoms with Gasteiger partial charge in [0.2, 0.25) is 0 Å². The van der Waals surface area contributed by atoms with Crippen LogP contribution in [0.25, 0.3) is 0 Å². The average Bonchev–Trinajstić information content (AvgIpc) is 2.45. The van der Waals surface area contributed by atoms with Crippen LogP contribution >= 0.6 is 27.7 Å². The minimum Gasteiger partial charge on any atom is -0.326 e. The predicted molar refractivity (Wildman–Crippen MR) is 85.9 cm³/mol. The molecule has 0 aliphatic carbocycles. The highest BCUT2D eigenvalue weighted by Crippen LogP contribution is 2.39. The van der Waals surface area contributed by atoms with Gasteiger partial charge in [-0.25, -0.2) is 4.98 Å². The quantitative estimate of drug-likeness (QED) is 0.639. The molecule has 0 bridgehead atoms. The number of rotatable bonds is 5. The molecule has 1 aromatic carbocycles. The van der Waals surface area contributed by atoms with Gasteiger partial charge in [-0.15, -0.1) is 0 Å². The summed E-state index contributed by atoms with van der Waals surface area (Å²) < 4.78 is 1.01. The molecule has 0 saturated heterocycles. The molecule has 4 nitrogen and oxygen atoms in total. The summed E-state index contributed by atoms with van der Waals surface area (Å²) in [7, 11) is 0. The minimum atomic E-state index is -0.154.